The second-order valence-electron chi connectivity index (χ2n) is 2.38. The Bertz CT molecular complexity index is 385. The summed E-state index contributed by atoms with van der Waals surface area (Å²) in [5.41, 5.74) is -0.533. The molecule has 1 N–H and O–H groups in total. The summed E-state index contributed by atoms with van der Waals surface area (Å²) in [7, 11) is 0. The highest BCUT2D eigenvalue weighted by Crippen LogP contribution is 2.30. The van der Waals surface area contributed by atoms with Crippen LogP contribution >= 0.6 is 28.6 Å². The lowest BCUT2D eigenvalue weighted by atomic mass is 10.2. The third-order valence-electron chi connectivity index (χ3n) is 1.48. The lowest BCUT2D eigenvalue weighted by Gasteiger charge is -2.01. The molecule has 14 heavy (non-hydrogen) atoms. The average molecular weight is 278 g/mol. The number of nitro groups is 1. The number of nitro benzene ring substituents is 1. The number of thiol groups is 1. The number of hydrogen-bond acceptors (Lipinski definition) is 4. The van der Waals surface area contributed by atoms with Crippen LogP contribution in [0.15, 0.2) is 21.5 Å². The summed E-state index contributed by atoms with van der Waals surface area (Å²) >= 11 is 6.78. The second-order valence-corrected chi connectivity index (χ2v) is 3.75. The highest BCUT2D eigenvalue weighted by atomic mass is 79.9. The molecule has 0 aliphatic heterocycles. The lowest BCUT2D eigenvalue weighted by Crippen LogP contribution is -2.01. The topological polar surface area (TPSA) is 80.4 Å². The number of carboxylic acids is 1. The van der Waals surface area contributed by atoms with E-state index in [0.29, 0.717) is 4.47 Å². The molecule has 0 unspecified atom stereocenters. The van der Waals surface area contributed by atoms with Crippen LogP contribution in [0, 0.1) is 10.1 Å². The number of halogens is 1. The highest BCUT2D eigenvalue weighted by Gasteiger charge is 2.19. The van der Waals surface area contributed by atoms with Gasteiger partial charge in [0.25, 0.3) is 5.69 Å². The Morgan fingerprint density at radius 2 is 2.14 bits per heavy atom. The van der Waals surface area contributed by atoms with Crippen molar-refractivity contribution in [3.8, 4) is 0 Å². The van der Waals surface area contributed by atoms with Crippen LogP contribution in [0.2, 0.25) is 0 Å². The zero-order valence-corrected chi connectivity index (χ0v) is 9.08. The van der Waals surface area contributed by atoms with Gasteiger partial charge in [0.15, 0.2) is 0 Å². The molecule has 1 aromatic rings. The van der Waals surface area contributed by atoms with Crippen molar-refractivity contribution in [1.82, 2.24) is 0 Å². The molecule has 0 heterocycles. The molecule has 74 valence electrons. The van der Waals surface area contributed by atoms with Crippen LogP contribution in [0.5, 0.6) is 0 Å². The Morgan fingerprint density at radius 1 is 1.57 bits per heavy atom. The van der Waals surface area contributed by atoms with Gasteiger partial charge in [0.1, 0.15) is 0 Å². The highest BCUT2D eigenvalue weighted by molar-refractivity contribution is 9.10. The Hall–Kier alpha value is -1.08. The normalized spacial score (nSPS) is 9.86. The molecule has 0 bridgehead atoms. The van der Waals surface area contributed by atoms with Gasteiger partial charge < -0.3 is 5.11 Å². The van der Waals surface area contributed by atoms with Gasteiger partial charge in [-0.1, -0.05) is 15.9 Å². The van der Waals surface area contributed by atoms with Crippen molar-refractivity contribution in [1.29, 1.82) is 0 Å². The van der Waals surface area contributed by atoms with E-state index < -0.39 is 10.9 Å². The summed E-state index contributed by atoms with van der Waals surface area (Å²) < 4.78 is 0.333. The smallest absolute Gasteiger partial charge is 0.337 e. The van der Waals surface area contributed by atoms with Crippen LogP contribution in [-0.4, -0.2) is 16.0 Å². The van der Waals surface area contributed by atoms with Crippen molar-refractivity contribution in [2.45, 2.75) is 4.90 Å². The van der Waals surface area contributed by atoms with E-state index in [1.165, 1.54) is 12.1 Å². The Balaban J connectivity index is 3.47. The largest absolute Gasteiger partial charge is 0.478 e. The van der Waals surface area contributed by atoms with Gasteiger partial charge in [0, 0.05) is 10.5 Å². The number of benzene rings is 1. The third kappa shape index (κ3) is 2.05. The first kappa shape index (κ1) is 11.0. The molecule has 0 radical (unpaired) electrons. The first-order chi connectivity index (χ1) is 6.43. The predicted molar refractivity (Wildman–Crippen MR) is 55.0 cm³/mol. The predicted octanol–water partition coefficient (Wildman–Crippen LogP) is 2.34. The molecule has 7 heteroatoms. The second kappa shape index (κ2) is 3.97. The Morgan fingerprint density at radius 3 is 2.57 bits per heavy atom. The zero-order chi connectivity index (χ0) is 10.9. The molecule has 0 fully saturated rings. The minimum absolute atomic E-state index is 0.147. The standard InChI is InChI=1S/C7H4BrNO4S/c8-3-1-4(7(10)11)6(14)5(2-3)9(12)13/h1-2,14H,(H,10,11). The van der Waals surface area contributed by atoms with Crippen LogP contribution in [0.1, 0.15) is 10.4 Å². The van der Waals surface area contributed by atoms with E-state index >= 15 is 0 Å². The van der Waals surface area contributed by atoms with Crippen molar-refractivity contribution in [3.63, 3.8) is 0 Å². The van der Waals surface area contributed by atoms with Crippen LogP contribution in [0.25, 0.3) is 0 Å². The lowest BCUT2D eigenvalue weighted by molar-refractivity contribution is -0.387. The molecule has 0 saturated carbocycles. The van der Waals surface area contributed by atoms with E-state index in [-0.39, 0.29) is 16.1 Å². The van der Waals surface area contributed by atoms with Crippen molar-refractivity contribution < 1.29 is 14.8 Å². The van der Waals surface area contributed by atoms with Crippen molar-refractivity contribution >= 4 is 40.2 Å². The van der Waals surface area contributed by atoms with Gasteiger partial charge in [0.05, 0.1) is 15.4 Å². The molecular formula is C7H4BrNO4S. The minimum atomic E-state index is -1.25. The average Bonchev–Trinajstić information content (AvgIpc) is 2.07. The van der Waals surface area contributed by atoms with Gasteiger partial charge in [-0.3, -0.25) is 10.1 Å². The Kier molecular flexibility index (Phi) is 3.12. The summed E-state index contributed by atoms with van der Waals surface area (Å²) in [5.74, 6) is -1.25. The van der Waals surface area contributed by atoms with Crippen LogP contribution in [0.4, 0.5) is 5.69 Å². The fraction of sp³-hybridized carbons (Fsp3) is 0. The fourth-order valence-corrected chi connectivity index (χ4v) is 1.64. The van der Waals surface area contributed by atoms with E-state index in [1.54, 1.807) is 0 Å². The SMILES string of the molecule is O=C(O)c1cc(Br)cc([N+](=O)[O-])c1S. The summed E-state index contributed by atoms with van der Waals surface area (Å²) in [5, 5.41) is 19.2. The van der Waals surface area contributed by atoms with Crippen molar-refractivity contribution in [3.05, 3.63) is 32.3 Å². The number of carbonyl (C=O) groups is 1. The molecule has 0 saturated heterocycles. The Labute approximate surface area is 92.4 Å². The summed E-state index contributed by atoms with van der Waals surface area (Å²) in [4.78, 5) is 20.3. The monoisotopic (exact) mass is 277 g/mol. The summed E-state index contributed by atoms with van der Waals surface area (Å²) in [6.07, 6.45) is 0. The number of carboxylic acid groups (broad SMARTS) is 1. The van der Waals surface area contributed by atoms with E-state index in [1.807, 2.05) is 0 Å². The van der Waals surface area contributed by atoms with Crippen LogP contribution < -0.4 is 0 Å². The zero-order valence-electron chi connectivity index (χ0n) is 6.60. The van der Waals surface area contributed by atoms with E-state index in [0.717, 1.165) is 0 Å². The fourth-order valence-electron chi connectivity index (χ4n) is 0.887. The quantitative estimate of drug-likeness (QED) is 0.494. The molecule has 0 spiro atoms. The number of hydrogen-bond donors (Lipinski definition) is 2. The van der Waals surface area contributed by atoms with Gasteiger partial charge >= 0.3 is 5.97 Å². The molecular weight excluding hydrogens is 274 g/mol. The molecule has 0 aliphatic carbocycles. The summed E-state index contributed by atoms with van der Waals surface area (Å²) in [6, 6.07) is 2.46. The number of aromatic carboxylic acids is 1. The van der Waals surface area contributed by atoms with Crippen LogP contribution in [0.3, 0.4) is 0 Å². The van der Waals surface area contributed by atoms with Crippen molar-refractivity contribution in [2.24, 2.45) is 0 Å². The molecule has 0 aromatic heterocycles. The third-order valence-corrected chi connectivity index (χ3v) is 2.41. The summed E-state index contributed by atoms with van der Waals surface area (Å²) in [6.45, 7) is 0. The van der Waals surface area contributed by atoms with Crippen molar-refractivity contribution in [2.75, 3.05) is 0 Å². The van der Waals surface area contributed by atoms with Crippen LogP contribution in [-0.2, 0) is 0 Å². The first-order valence-corrected chi connectivity index (χ1v) is 4.57. The maximum atomic E-state index is 10.7. The first-order valence-electron chi connectivity index (χ1n) is 3.33. The van der Waals surface area contributed by atoms with Gasteiger partial charge in [0.2, 0.25) is 0 Å². The number of nitrogens with zero attached hydrogens (tertiary/aromatic N) is 1. The van der Waals surface area contributed by atoms with Gasteiger partial charge in [-0.05, 0) is 6.07 Å². The molecule has 1 rings (SSSR count). The van der Waals surface area contributed by atoms with E-state index in [2.05, 4.69) is 28.6 Å². The molecule has 5 nitrogen and oxygen atoms in total. The molecule has 0 amide bonds. The molecule has 1 aromatic carbocycles. The maximum absolute atomic E-state index is 10.7. The minimum Gasteiger partial charge on any atom is -0.478 e. The molecule has 0 aliphatic rings. The molecule has 0 atom stereocenters. The van der Waals surface area contributed by atoms with E-state index in [9.17, 15) is 14.9 Å². The number of rotatable bonds is 2. The van der Waals surface area contributed by atoms with Gasteiger partial charge in [-0.2, -0.15) is 0 Å². The van der Waals surface area contributed by atoms with Gasteiger partial charge in [-0.25, -0.2) is 4.79 Å². The van der Waals surface area contributed by atoms with E-state index in [4.69, 9.17) is 5.11 Å². The van der Waals surface area contributed by atoms with Gasteiger partial charge in [-0.15, -0.1) is 12.6 Å². The maximum Gasteiger partial charge on any atom is 0.337 e.